The molecule has 0 aliphatic heterocycles. The van der Waals surface area contributed by atoms with E-state index in [-0.39, 0.29) is 22.7 Å². The molecule has 0 saturated carbocycles. The van der Waals surface area contributed by atoms with E-state index in [2.05, 4.69) is 4.74 Å². The van der Waals surface area contributed by atoms with Gasteiger partial charge < -0.3 is 9.84 Å². The number of carbonyl (C=O) groups is 2. The summed E-state index contributed by atoms with van der Waals surface area (Å²) in [6, 6.07) is 0. The lowest BCUT2D eigenvalue weighted by Crippen LogP contribution is -2.29. The third-order valence-corrected chi connectivity index (χ3v) is 6.12. The molecule has 1 heterocycles. The van der Waals surface area contributed by atoms with Gasteiger partial charge in [0.2, 0.25) is 10.0 Å². The zero-order chi connectivity index (χ0) is 16.2. The molecule has 118 valence electrons. The van der Waals surface area contributed by atoms with Gasteiger partial charge in [-0.1, -0.05) is 0 Å². The number of carbonyl (C=O) groups excluding carboxylic acids is 1. The summed E-state index contributed by atoms with van der Waals surface area (Å²) in [6.07, 6.45) is 0.402. The molecule has 1 aromatic rings. The molecular formula is C12H17NO6S2. The van der Waals surface area contributed by atoms with Gasteiger partial charge in [-0.25, -0.2) is 17.5 Å². The summed E-state index contributed by atoms with van der Waals surface area (Å²) in [5.41, 5.74) is 0.400. The van der Waals surface area contributed by atoms with Crippen LogP contribution in [-0.4, -0.2) is 50.5 Å². The third-order valence-electron chi connectivity index (χ3n) is 2.86. The monoisotopic (exact) mass is 335 g/mol. The summed E-state index contributed by atoms with van der Waals surface area (Å²) in [5, 5.41) is 10.6. The summed E-state index contributed by atoms with van der Waals surface area (Å²) in [5.74, 6) is -1.69. The second kappa shape index (κ2) is 7.01. The first-order valence-electron chi connectivity index (χ1n) is 6.06. The van der Waals surface area contributed by atoms with Crippen LogP contribution in [0.3, 0.4) is 0 Å². The van der Waals surface area contributed by atoms with Gasteiger partial charge in [0.05, 0.1) is 7.11 Å². The number of methoxy groups -OCH3 is 1. The Kier molecular flexibility index (Phi) is 5.87. The Hall–Kier alpha value is -1.45. The van der Waals surface area contributed by atoms with Crippen LogP contribution in [0.1, 0.15) is 28.1 Å². The minimum Gasteiger partial charge on any atom is -0.477 e. The molecule has 1 N–H and O–H groups in total. The van der Waals surface area contributed by atoms with Gasteiger partial charge in [0.15, 0.2) is 0 Å². The van der Waals surface area contributed by atoms with Crippen molar-refractivity contribution in [3.05, 3.63) is 15.8 Å². The minimum absolute atomic E-state index is 0.102. The molecule has 0 atom stereocenters. The van der Waals surface area contributed by atoms with E-state index in [1.165, 1.54) is 19.5 Å². The molecule has 0 aliphatic rings. The largest absolute Gasteiger partial charge is 0.477 e. The average Bonchev–Trinajstić information content (AvgIpc) is 2.80. The predicted molar refractivity (Wildman–Crippen MR) is 77.1 cm³/mol. The molecule has 0 aliphatic carbocycles. The van der Waals surface area contributed by atoms with Crippen LogP contribution in [0.5, 0.6) is 0 Å². The van der Waals surface area contributed by atoms with E-state index in [4.69, 9.17) is 5.11 Å². The molecule has 1 rings (SSSR count). The molecule has 0 aromatic carbocycles. The number of carboxylic acids is 1. The van der Waals surface area contributed by atoms with Gasteiger partial charge in [0, 0.05) is 20.0 Å². The number of nitrogens with zero attached hydrogens (tertiary/aromatic N) is 1. The van der Waals surface area contributed by atoms with E-state index >= 15 is 0 Å². The molecule has 0 amide bonds. The van der Waals surface area contributed by atoms with Crippen LogP contribution in [0.4, 0.5) is 0 Å². The fourth-order valence-electron chi connectivity index (χ4n) is 1.73. The molecule has 1 aromatic heterocycles. The summed E-state index contributed by atoms with van der Waals surface area (Å²) in [6.45, 7) is 1.66. The maximum absolute atomic E-state index is 12.4. The molecule has 21 heavy (non-hydrogen) atoms. The minimum atomic E-state index is -3.90. The second-order valence-corrected chi connectivity index (χ2v) is 7.25. The van der Waals surface area contributed by atoms with Crippen LogP contribution in [0.2, 0.25) is 0 Å². The van der Waals surface area contributed by atoms with Crippen LogP contribution in [0, 0.1) is 6.92 Å². The van der Waals surface area contributed by atoms with Crippen LogP contribution in [-0.2, 0) is 19.6 Å². The SMILES string of the molecule is COC(=O)CCCN(C)S(=O)(=O)c1c(C)csc1C(=O)O. The third kappa shape index (κ3) is 4.02. The molecule has 7 nitrogen and oxygen atoms in total. The predicted octanol–water partition coefficient (Wildman–Crippen LogP) is 1.33. The van der Waals surface area contributed by atoms with Gasteiger partial charge in [0.25, 0.3) is 0 Å². The highest BCUT2D eigenvalue weighted by Crippen LogP contribution is 2.29. The molecule has 9 heteroatoms. The van der Waals surface area contributed by atoms with Crippen LogP contribution >= 0.6 is 11.3 Å². The van der Waals surface area contributed by atoms with Gasteiger partial charge in [-0.3, -0.25) is 4.79 Å². The first-order valence-corrected chi connectivity index (χ1v) is 8.38. The Bertz CT molecular complexity index is 634. The Balaban J connectivity index is 2.93. The van der Waals surface area contributed by atoms with Gasteiger partial charge in [0.1, 0.15) is 9.77 Å². The molecule has 0 saturated heterocycles. The molecular weight excluding hydrogens is 318 g/mol. The van der Waals surface area contributed by atoms with Gasteiger partial charge >= 0.3 is 11.9 Å². The number of carboxylic acid groups (broad SMARTS) is 1. The van der Waals surface area contributed by atoms with Crippen LogP contribution < -0.4 is 0 Å². The number of hydrogen-bond donors (Lipinski definition) is 1. The number of hydrogen-bond acceptors (Lipinski definition) is 6. The highest BCUT2D eigenvalue weighted by atomic mass is 32.2. The fraction of sp³-hybridized carbons (Fsp3) is 0.500. The van der Waals surface area contributed by atoms with Crippen molar-refractivity contribution in [1.29, 1.82) is 0 Å². The van der Waals surface area contributed by atoms with E-state index in [1.54, 1.807) is 6.92 Å². The standard InChI is InChI=1S/C12H17NO6S2/c1-8-7-20-10(12(15)16)11(8)21(17,18)13(2)6-4-5-9(14)19-3/h7H,4-6H2,1-3H3,(H,15,16). The lowest BCUT2D eigenvalue weighted by Gasteiger charge is -2.17. The lowest BCUT2D eigenvalue weighted by atomic mass is 10.3. The van der Waals surface area contributed by atoms with Crippen molar-refractivity contribution < 1.29 is 27.9 Å². The summed E-state index contributed by atoms with van der Waals surface area (Å²) < 4.78 is 30.4. The zero-order valence-electron chi connectivity index (χ0n) is 12.0. The molecule has 0 unspecified atom stereocenters. The van der Waals surface area contributed by atoms with Crippen molar-refractivity contribution in [1.82, 2.24) is 4.31 Å². The first kappa shape index (κ1) is 17.6. The molecule has 0 fully saturated rings. The summed E-state index contributed by atoms with van der Waals surface area (Å²) in [4.78, 5) is 21.7. The molecule has 0 radical (unpaired) electrons. The van der Waals surface area contributed by atoms with Crippen molar-refractivity contribution in [3.63, 3.8) is 0 Å². The average molecular weight is 335 g/mol. The first-order chi connectivity index (χ1) is 9.71. The highest BCUT2D eigenvalue weighted by molar-refractivity contribution is 7.89. The number of thiophene rings is 1. The summed E-state index contributed by atoms with van der Waals surface area (Å²) >= 11 is 0.881. The zero-order valence-corrected chi connectivity index (χ0v) is 13.6. The van der Waals surface area contributed by atoms with E-state index in [0.29, 0.717) is 12.0 Å². The fourth-order valence-corrected chi connectivity index (χ4v) is 4.51. The Morgan fingerprint density at radius 3 is 2.57 bits per heavy atom. The molecule has 0 spiro atoms. The number of esters is 1. The van der Waals surface area contributed by atoms with Crippen molar-refractivity contribution in [3.8, 4) is 0 Å². The van der Waals surface area contributed by atoms with Gasteiger partial charge in [-0.05, 0) is 24.3 Å². The smallest absolute Gasteiger partial charge is 0.347 e. The van der Waals surface area contributed by atoms with Crippen molar-refractivity contribution in [2.75, 3.05) is 20.7 Å². The van der Waals surface area contributed by atoms with Crippen molar-refractivity contribution in [2.24, 2.45) is 0 Å². The van der Waals surface area contributed by atoms with Crippen molar-refractivity contribution in [2.45, 2.75) is 24.7 Å². The van der Waals surface area contributed by atoms with E-state index in [9.17, 15) is 18.0 Å². The van der Waals surface area contributed by atoms with E-state index in [1.807, 2.05) is 0 Å². The number of ether oxygens (including phenoxy) is 1. The lowest BCUT2D eigenvalue weighted by molar-refractivity contribution is -0.140. The van der Waals surface area contributed by atoms with E-state index < -0.39 is 22.0 Å². The number of sulfonamides is 1. The normalized spacial score (nSPS) is 11.6. The van der Waals surface area contributed by atoms with Crippen LogP contribution in [0.25, 0.3) is 0 Å². The Morgan fingerprint density at radius 1 is 1.43 bits per heavy atom. The highest BCUT2D eigenvalue weighted by Gasteiger charge is 2.30. The number of aromatic carboxylic acids is 1. The van der Waals surface area contributed by atoms with E-state index in [0.717, 1.165) is 15.6 Å². The van der Waals surface area contributed by atoms with Gasteiger partial charge in [-0.15, -0.1) is 11.3 Å². The maximum atomic E-state index is 12.4. The Morgan fingerprint density at radius 2 is 2.05 bits per heavy atom. The quantitative estimate of drug-likeness (QED) is 0.754. The van der Waals surface area contributed by atoms with Crippen molar-refractivity contribution >= 4 is 33.3 Å². The maximum Gasteiger partial charge on any atom is 0.347 e. The van der Waals surface area contributed by atoms with Crippen LogP contribution in [0.15, 0.2) is 10.3 Å². The summed E-state index contributed by atoms with van der Waals surface area (Å²) in [7, 11) is -1.28. The second-order valence-electron chi connectivity index (χ2n) is 4.39. The number of aryl methyl sites for hydroxylation is 1. The molecule has 0 bridgehead atoms. The Labute approximate surface area is 127 Å². The topological polar surface area (TPSA) is 101 Å². The number of rotatable bonds is 7. The van der Waals surface area contributed by atoms with Gasteiger partial charge in [-0.2, -0.15) is 0 Å².